The van der Waals surface area contributed by atoms with Gasteiger partial charge < -0.3 is 4.74 Å². The van der Waals surface area contributed by atoms with Crippen molar-refractivity contribution in [2.24, 2.45) is 0 Å². The van der Waals surface area contributed by atoms with Crippen LogP contribution >= 0.6 is 23.2 Å². The quantitative estimate of drug-likeness (QED) is 0.680. The standard InChI is InChI=1S/C9H10Cl2O/c1-5-4-7(10)6(2)8(11)9(5)12-3/h4H,1-3H3. The number of ether oxygens (including phenoxy) is 1. The van der Waals surface area contributed by atoms with Crippen molar-refractivity contribution >= 4 is 23.2 Å². The van der Waals surface area contributed by atoms with Gasteiger partial charge >= 0.3 is 0 Å². The van der Waals surface area contributed by atoms with Crippen molar-refractivity contribution in [3.63, 3.8) is 0 Å². The molecule has 0 atom stereocenters. The molecule has 0 amide bonds. The van der Waals surface area contributed by atoms with Crippen molar-refractivity contribution in [3.05, 3.63) is 27.2 Å². The molecule has 3 heteroatoms. The second kappa shape index (κ2) is 3.55. The van der Waals surface area contributed by atoms with Crippen molar-refractivity contribution in [2.75, 3.05) is 7.11 Å². The van der Waals surface area contributed by atoms with E-state index < -0.39 is 0 Å². The molecule has 0 heterocycles. The van der Waals surface area contributed by atoms with Gasteiger partial charge in [0.05, 0.1) is 12.1 Å². The molecule has 0 aliphatic carbocycles. The first-order valence-corrected chi connectivity index (χ1v) is 4.32. The van der Waals surface area contributed by atoms with E-state index in [9.17, 15) is 0 Å². The number of halogens is 2. The lowest BCUT2D eigenvalue weighted by molar-refractivity contribution is 0.411. The monoisotopic (exact) mass is 204 g/mol. The summed E-state index contributed by atoms with van der Waals surface area (Å²) in [6.07, 6.45) is 0. The van der Waals surface area contributed by atoms with Gasteiger partial charge in [-0.25, -0.2) is 0 Å². The molecule has 12 heavy (non-hydrogen) atoms. The Bertz CT molecular complexity index is 308. The number of benzene rings is 1. The molecule has 1 aromatic rings. The summed E-state index contributed by atoms with van der Waals surface area (Å²) in [5, 5.41) is 1.28. The summed E-state index contributed by atoms with van der Waals surface area (Å²) >= 11 is 11.9. The minimum absolute atomic E-state index is 0.600. The normalized spacial score (nSPS) is 10.1. The molecule has 0 aromatic heterocycles. The minimum atomic E-state index is 0.600. The van der Waals surface area contributed by atoms with Gasteiger partial charge in [0.2, 0.25) is 0 Å². The number of rotatable bonds is 1. The van der Waals surface area contributed by atoms with E-state index in [1.165, 1.54) is 0 Å². The number of hydrogen-bond donors (Lipinski definition) is 0. The first-order chi connectivity index (χ1) is 5.57. The van der Waals surface area contributed by atoms with Gasteiger partial charge in [-0.15, -0.1) is 0 Å². The lowest BCUT2D eigenvalue weighted by Gasteiger charge is -2.10. The maximum absolute atomic E-state index is 5.99. The first-order valence-electron chi connectivity index (χ1n) is 3.57. The molecule has 66 valence electrons. The predicted octanol–water partition coefficient (Wildman–Crippen LogP) is 3.62. The second-order valence-corrected chi connectivity index (χ2v) is 3.43. The zero-order valence-electron chi connectivity index (χ0n) is 7.24. The van der Waals surface area contributed by atoms with Crippen LogP contribution in [0.3, 0.4) is 0 Å². The maximum atomic E-state index is 5.99. The van der Waals surface area contributed by atoms with E-state index in [-0.39, 0.29) is 0 Å². The highest BCUT2D eigenvalue weighted by atomic mass is 35.5. The molecule has 0 unspecified atom stereocenters. The zero-order valence-corrected chi connectivity index (χ0v) is 8.75. The van der Waals surface area contributed by atoms with Crippen LogP contribution in [0, 0.1) is 13.8 Å². The Morgan fingerprint density at radius 3 is 2.33 bits per heavy atom. The summed E-state index contributed by atoms with van der Waals surface area (Å²) < 4.78 is 5.12. The average molecular weight is 205 g/mol. The highest BCUT2D eigenvalue weighted by Crippen LogP contribution is 2.35. The van der Waals surface area contributed by atoms with Crippen LogP contribution in [-0.2, 0) is 0 Å². The molecule has 0 bridgehead atoms. The van der Waals surface area contributed by atoms with Gasteiger partial charge in [0.1, 0.15) is 5.75 Å². The zero-order chi connectivity index (χ0) is 9.30. The fourth-order valence-electron chi connectivity index (χ4n) is 1.06. The van der Waals surface area contributed by atoms with E-state index >= 15 is 0 Å². The first kappa shape index (κ1) is 9.69. The SMILES string of the molecule is COc1c(C)cc(Cl)c(C)c1Cl. The number of aryl methyl sites for hydroxylation is 1. The van der Waals surface area contributed by atoms with Crippen LogP contribution in [0.2, 0.25) is 10.0 Å². The molecule has 0 fully saturated rings. The van der Waals surface area contributed by atoms with Gasteiger partial charge in [-0.1, -0.05) is 23.2 Å². The Morgan fingerprint density at radius 2 is 1.83 bits per heavy atom. The van der Waals surface area contributed by atoms with Crippen LogP contribution in [0.5, 0.6) is 5.75 Å². The lowest BCUT2D eigenvalue weighted by atomic mass is 10.1. The fraction of sp³-hybridized carbons (Fsp3) is 0.333. The van der Waals surface area contributed by atoms with Gasteiger partial charge in [-0.3, -0.25) is 0 Å². The highest BCUT2D eigenvalue weighted by molar-refractivity contribution is 6.37. The van der Waals surface area contributed by atoms with Crippen molar-refractivity contribution in [1.82, 2.24) is 0 Å². The molecular weight excluding hydrogens is 195 g/mol. The van der Waals surface area contributed by atoms with Crippen LogP contribution in [0.15, 0.2) is 6.07 Å². The van der Waals surface area contributed by atoms with Crippen LogP contribution in [0.4, 0.5) is 0 Å². The summed E-state index contributed by atoms with van der Waals surface area (Å²) in [5.41, 5.74) is 1.82. The molecule has 0 N–H and O–H groups in total. The largest absolute Gasteiger partial charge is 0.495 e. The Kier molecular flexibility index (Phi) is 2.86. The van der Waals surface area contributed by atoms with Gasteiger partial charge in [0.25, 0.3) is 0 Å². The van der Waals surface area contributed by atoms with Crippen molar-refractivity contribution < 1.29 is 4.74 Å². The molecule has 0 aliphatic rings. The van der Waals surface area contributed by atoms with Gasteiger partial charge in [-0.05, 0) is 31.0 Å². The summed E-state index contributed by atoms with van der Waals surface area (Å²) in [6.45, 7) is 3.78. The van der Waals surface area contributed by atoms with E-state index in [0.29, 0.717) is 15.8 Å². The molecule has 0 aliphatic heterocycles. The van der Waals surface area contributed by atoms with E-state index in [1.807, 2.05) is 19.9 Å². The van der Waals surface area contributed by atoms with Crippen LogP contribution in [0.1, 0.15) is 11.1 Å². The Hall–Kier alpha value is -0.400. The van der Waals surface area contributed by atoms with Gasteiger partial charge in [0.15, 0.2) is 0 Å². The molecule has 0 saturated carbocycles. The van der Waals surface area contributed by atoms with Crippen molar-refractivity contribution in [2.45, 2.75) is 13.8 Å². The summed E-state index contributed by atoms with van der Waals surface area (Å²) in [5.74, 6) is 0.707. The Labute approximate surface area is 82.2 Å². The molecular formula is C9H10Cl2O. The number of hydrogen-bond acceptors (Lipinski definition) is 1. The topological polar surface area (TPSA) is 9.23 Å². The summed E-state index contributed by atoms with van der Waals surface area (Å²) in [6, 6.07) is 1.85. The van der Waals surface area contributed by atoms with E-state index in [4.69, 9.17) is 27.9 Å². The third-order valence-electron chi connectivity index (χ3n) is 1.79. The molecule has 0 saturated heterocycles. The third-order valence-corrected chi connectivity index (χ3v) is 2.64. The van der Waals surface area contributed by atoms with Crippen molar-refractivity contribution in [1.29, 1.82) is 0 Å². The van der Waals surface area contributed by atoms with Gasteiger partial charge in [0, 0.05) is 5.02 Å². The minimum Gasteiger partial charge on any atom is -0.495 e. The average Bonchev–Trinajstić information content (AvgIpc) is 2.01. The van der Waals surface area contributed by atoms with Gasteiger partial charge in [-0.2, -0.15) is 0 Å². The van der Waals surface area contributed by atoms with E-state index in [1.54, 1.807) is 7.11 Å². The van der Waals surface area contributed by atoms with Crippen LogP contribution in [0.25, 0.3) is 0 Å². The molecule has 1 rings (SSSR count). The smallest absolute Gasteiger partial charge is 0.140 e. The van der Waals surface area contributed by atoms with Crippen LogP contribution in [-0.4, -0.2) is 7.11 Å². The fourth-order valence-corrected chi connectivity index (χ4v) is 1.70. The van der Waals surface area contributed by atoms with Crippen LogP contribution < -0.4 is 4.74 Å². The summed E-state index contributed by atoms with van der Waals surface area (Å²) in [7, 11) is 1.60. The van der Waals surface area contributed by atoms with E-state index in [0.717, 1.165) is 11.1 Å². The molecule has 1 aromatic carbocycles. The second-order valence-electron chi connectivity index (χ2n) is 2.65. The number of methoxy groups -OCH3 is 1. The molecule has 0 radical (unpaired) electrons. The Morgan fingerprint density at radius 1 is 1.25 bits per heavy atom. The Balaban J connectivity index is 3.40. The highest BCUT2D eigenvalue weighted by Gasteiger charge is 2.10. The van der Waals surface area contributed by atoms with E-state index in [2.05, 4.69) is 0 Å². The summed E-state index contributed by atoms with van der Waals surface area (Å²) in [4.78, 5) is 0. The lowest BCUT2D eigenvalue weighted by Crippen LogP contribution is -1.91. The molecule has 1 nitrogen and oxygen atoms in total. The molecule has 0 spiro atoms. The predicted molar refractivity (Wildman–Crippen MR) is 52.5 cm³/mol. The van der Waals surface area contributed by atoms with Crippen molar-refractivity contribution in [3.8, 4) is 5.75 Å². The third kappa shape index (κ3) is 1.52. The maximum Gasteiger partial charge on any atom is 0.140 e.